The maximum Gasteiger partial charge on any atom is 0.277 e. The molecule has 0 heterocycles. The summed E-state index contributed by atoms with van der Waals surface area (Å²) in [5.74, 6) is 0. The number of non-ortho nitro benzene ring substituents is 1. The predicted molar refractivity (Wildman–Crippen MR) is 135 cm³/mol. The molecule has 0 amide bonds. The van der Waals surface area contributed by atoms with Crippen molar-refractivity contribution >= 4 is 49.2 Å². The Morgan fingerprint density at radius 3 is 1.89 bits per heavy atom. The van der Waals surface area contributed by atoms with Crippen molar-refractivity contribution in [2.75, 3.05) is 45.4 Å². The first-order chi connectivity index (χ1) is 18.0. The van der Waals surface area contributed by atoms with Gasteiger partial charge in [0.2, 0.25) is 0 Å². The Hall–Kier alpha value is -3.06. The van der Waals surface area contributed by atoms with Crippen LogP contribution in [0.4, 0.5) is 22.7 Å². The van der Waals surface area contributed by atoms with Gasteiger partial charge < -0.3 is 32.8 Å². The summed E-state index contributed by atoms with van der Waals surface area (Å²) < 4.78 is 41.0. The lowest BCUT2D eigenvalue weighted by atomic mass is 10.1. The van der Waals surface area contributed by atoms with Crippen molar-refractivity contribution in [2.24, 2.45) is 10.2 Å². The van der Waals surface area contributed by atoms with Gasteiger partial charge in [-0.15, -0.1) is 5.11 Å². The number of nitro benzene ring substituents is 1. The Morgan fingerprint density at radius 2 is 1.37 bits per heavy atom. The van der Waals surface area contributed by atoms with E-state index in [1.807, 2.05) is 0 Å². The van der Waals surface area contributed by atoms with E-state index in [0.717, 1.165) is 14.2 Å². The maximum absolute atomic E-state index is 11.5. The van der Waals surface area contributed by atoms with E-state index in [-0.39, 0.29) is 32.0 Å². The highest BCUT2D eigenvalue weighted by atomic mass is 31.2. The second kappa shape index (κ2) is 13.1. The molecule has 38 heavy (non-hydrogen) atoms. The predicted octanol–water partition coefficient (Wildman–Crippen LogP) is 4.23. The molecule has 0 fully saturated rings. The summed E-state index contributed by atoms with van der Waals surface area (Å²) in [6.45, 7) is -0.402. The van der Waals surface area contributed by atoms with Crippen LogP contribution in [0.2, 0.25) is 0 Å². The molecular weight excluding hydrogens is 542 g/mol. The van der Waals surface area contributed by atoms with Crippen LogP contribution in [0.3, 0.4) is 0 Å². The summed E-state index contributed by atoms with van der Waals surface area (Å²) >= 11 is 0. The van der Waals surface area contributed by atoms with Gasteiger partial charge in [0.1, 0.15) is 0 Å². The summed E-state index contributed by atoms with van der Waals surface area (Å²) in [6, 6.07) is 16.3. The third kappa shape index (κ3) is 8.22. The normalized spacial score (nSPS) is 14.8. The largest absolute Gasteiger partial charge is 0.756 e. The van der Waals surface area contributed by atoms with Gasteiger partial charge in [0.15, 0.2) is 0 Å². The zero-order chi connectivity index (χ0) is 27.8. The Bertz CT molecular complexity index is 1360. The van der Waals surface area contributed by atoms with E-state index in [1.54, 1.807) is 53.4 Å². The van der Waals surface area contributed by atoms with E-state index >= 15 is 0 Å². The molecule has 3 rings (SSSR count). The van der Waals surface area contributed by atoms with E-state index in [2.05, 4.69) is 19.3 Å². The third-order valence-corrected chi connectivity index (χ3v) is 7.12. The zero-order valence-corrected chi connectivity index (χ0v) is 22.2. The summed E-state index contributed by atoms with van der Waals surface area (Å²) in [5.41, 5.74) is 1.48. The summed E-state index contributed by atoms with van der Waals surface area (Å²) in [4.78, 5) is 35.4. The number of hydrogen-bond donors (Lipinski definition) is 0. The zero-order valence-electron chi connectivity index (χ0n) is 20.4. The Kier molecular flexibility index (Phi) is 10.2. The molecule has 0 saturated heterocycles. The SMILES string of the molecule is COP(=O)([O-])OCCN(CCOP(=O)([O-])OC)c1ccc(N=Nc2ccc([N+](=O)[O-])c3ccccc23)cc1. The molecule has 2 unspecified atom stereocenters. The topological polar surface area (TPSA) is 188 Å². The number of phosphoric ester groups is 2. The fourth-order valence-corrected chi connectivity index (χ4v) is 4.18. The number of anilines is 1. The quantitative estimate of drug-likeness (QED) is 0.117. The monoisotopic (exact) mass is 566 g/mol. The number of hydrogen-bond acceptors (Lipinski definition) is 13. The van der Waals surface area contributed by atoms with E-state index in [0.29, 0.717) is 27.8 Å². The third-order valence-electron chi connectivity index (χ3n) is 5.23. The fourth-order valence-electron chi connectivity index (χ4n) is 3.36. The van der Waals surface area contributed by atoms with Gasteiger partial charge in [-0.25, -0.2) is 0 Å². The molecule has 2 atom stereocenters. The summed E-state index contributed by atoms with van der Waals surface area (Å²) in [5, 5.41) is 20.8. The minimum atomic E-state index is -4.44. The van der Waals surface area contributed by atoms with Crippen LogP contribution in [-0.2, 0) is 27.2 Å². The molecule has 0 aliphatic carbocycles. The van der Waals surface area contributed by atoms with Crippen molar-refractivity contribution in [1.82, 2.24) is 0 Å². The number of benzene rings is 3. The van der Waals surface area contributed by atoms with Gasteiger partial charge in [0, 0.05) is 44.4 Å². The van der Waals surface area contributed by atoms with Gasteiger partial charge in [-0.1, -0.05) is 18.2 Å². The molecule has 0 aliphatic rings. The molecule has 0 spiro atoms. The molecule has 0 saturated carbocycles. The van der Waals surface area contributed by atoms with Gasteiger partial charge in [0.05, 0.1) is 34.9 Å². The molecule has 0 aliphatic heterocycles. The van der Waals surface area contributed by atoms with Crippen molar-refractivity contribution in [2.45, 2.75) is 0 Å². The Balaban J connectivity index is 1.76. The molecule has 16 heteroatoms. The first-order valence-electron chi connectivity index (χ1n) is 11.0. The van der Waals surface area contributed by atoms with Crippen LogP contribution in [0.25, 0.3) is 10.8 Å². The molecule has 0 N–H and O–H groups in total. The molecule has 204 valence electrons. The molecular formula is C22H24N4O10P2-2. The summed E-state index contributed by atoms with van der Waals surface area (Å²) in [6.07, 6.45) is 0. The van der Waals surface area contributed by atoms with Gasteiger partial charge in [-0.05, 0) is 36.4 Å². The standard InChI is InChI=1S/C22H26N4O10P2/c1-33-37(29,30)35-15-13-25(14-16-36-38(31,32)34-2)18-9-7-17(8-10-18)23-24-21-11-12-22(26(27)28)20-6-4-3-5-19(20)21/h3-12H,13-16H2,1-2H3,(H,29,30)(H,31,32)/p-2. The van der Waals surface area contributed by atoms with Crippen LogP contribution >= 0.6 is 15.6 Å². The second-order valence-electron chi connectivity index (χ2n) is 7.54. The highest BCUT2D eigenvalue weighted by Gasteiger charge is 2.15. The second-order valence-corrected chi connectivity index (χ2v) is 10.6. The minimum absolute atomic E-state index is 0.0328. The lowest BCUT2D eigenvalue weighted by molar-refractivity contribution is -0.383. The van der Waals surface area contributed by atoms with Crippen molar-refractivity contribution < 1.29 is 41.9 Å². The fraction of sp³-hybridized carbons (Fsp3) is 0.273. The molecule has 0 bridgehead atoms. The molecule has 3 aromatic carbocycles. The Labute approximate surface area is 217 Å². The van der Waals surface area contributed by atoms with Crippen LogP contribution in [0.15, 0.2) is 70.9 Å². The van der Waals surface area contributed by atoms with Crippen LogP contribution < -0.4 is 14.7 Å². The lowest BCUT2D eigenvalue weighted by Gasteiger charge is -2.28. The van der Waals surface area contributed by atoms with Crippen LogP contribution in [0.1, 0.15) is 0 Å². The number of nitrogens with zero attached hydrogens (tertiary/aromatic N) is 4. The van der Waals surface area contributed by atoms with Gasteiger partial charge in [0.25, 0.3) is 21.3 Å². The van der Waals surface area contributed by atoms with E-state index in [9.17, 15) is 29.0 Å². The van der Waals surface area contributed by atoms with E-state index in [4.69, 9.17) is 9.05 Å². The first-order valence-corrected chi connectivity index (χ1v) is 13.9. The molecule has 14 nitrogen and oxygen atoms in total. The number of nitro groups is 1. The van der Waals surface area contributed by atoms with Crippen LogP contribution in [-0.4, -0.2) is 45.4 Å². The van der Waals surface area contributed by atoms with Crippen LogP contribution in [0, 0.1) is 10.1 Å². The smallest absolute Gasteiger partial charge is 0.277 e. The molecule has 3 aromatic rings. The highest BCUT2D eigenvalue weighted by molar-refractivity contribution is 7.46. The molecule has 0 aromatic heterocycles. The average molecular weight is 566 g/mol. The van der Waals surface area contributed by atoms with E-state index < -0.39 is 20.6 Å². The number of azo groups is 1. The van der Waals surface area contributed by atoms with E-state index in [1.165, 1.54) is 12.1 Å². The van der Waals surface area contributed by atoms with Gasteiger partial charge >= 0.3 is 0 Å². The van der Waals surface area contributed by atoms with Crippen LogP contribution in [0.5, 0.6) is 0 Å². The van der Waals surface area contributed by atoms with Crippen molar-refractivity contribution in [3.05, 3.63) is 70.8 Å². The number of fused-ring (bicyclic) bond motifs is 1. The van der Waals surface area contributed by atoms with Gasteiger partial charge in [-0.2, -0.15) is 5.11 Å². The van der Waals surface area contributed by atoms with Crippen molar-refractivity contribution in [1.29, 1.82) is 0 Å². The van der Waals surface area contributed by atoms with Crippen molar-refractivity contribution in [3.8, 4) is 0 Å². The summed E-state index contributed by atoms with van der Waals surface area (Å²) in [7, 11) is -6.93. The Morgan fingerprint density at radius 1 is 0.816 bits per heavy atom. The average Bonchev–Trinajstić information content (AvgIpc) is 2.91. The molecule has 0 radical (unpaired) electrons. The van der Waals surface area contributed by atoms with Gasteiger partial charge in [-0.3, -0.25) is 19.2 Å². The first kappa shape index (κ1) is 29.5. The minimum Gasteiger partial charge on any atom is -0.756 e. The lowest BCUT2D eigenvalue weighted by Crippen LogP contribution is -2.31. The highest BCUT2D eigenvalue weighted by Crippen LogP contribution is 2.38. The van der Waals surface area contributed by atoms with Crippen molar-refractivity contribution in [3.63, 3.8) is 0 Å². The number of rotatable bonds is 14. The number of phosphoric acid groups is 2. The maximum atomic E-state index is 11.5.